The van der Waals surface area contributed by atoms with E-state index in [1.165, 1.54) is 16.7 Å². The predicted molar refractivity (Wildman–Crippen MR) is 342 cm³/mol. The summed E-state index contributed by atoms with van der Waals surface area (Å²) in [5.41, 5.74) is 22.2. The number of imidazole rings is 1. The Morgan fingerprint density at radius 2 is 0.953 bits per heavy atom. The first-order chi connectivity index (χ1) is 41.6. The molecule has 1 spiro atoms. The molecule has 0 saturated heterocycles. The zero-order valence-electron chi connectivity index (χ0n) is 47.4. The van der Waals surface area contributed by atoms with Gasteiger partial charge in [0.1, 0.15) is 0 Å². The van der Waals surface area contributed by atoms with Crippen molar-refractivity contribution in [3.63, 3.8) is 0 Å². The quantitative estimate of drug-likeness (QED) is 0.135. The zero-order valence-corrected chi connectivity index (χ0v) is 49.7. The van der Waals surface area contributed by atoms with Gasteiger partial charge in [0.05, 0.1) is 0 Å². The van der Waals surface area contributed by atoms with E-state index in [1.807, 2.05) is 12.3 Å². The topological polar surface area (TPSA) is 38.5 Å². The number of aryl methyl sites for hydroxylation is 1. The van der Waals surface area contributed by atoms with Crippen LogP contribution in [0.4, 0.5) is 34.3 Å². The van der Waals surface area contributed by atoms with Gasteiger partial charge in [-0.3, -0.25) is 0 Å². The number of rotatable bonds is 9. The van der Waals surface area contributed by atoms with E-state index in [1.54, 1.807) is 0 Å². The van der Waals surface area contributed by atoms with E-state index < -0.39 is 5.41 Å². The number of hydrogen-bond acceptors (Lipinski definition) is 4. The number of fused-ring (bicyclic) bond motifs is 9. The van der Waals surface area contributed by atoms with Crippen LogP contribution in [0, 0.1) is 22.9 Å². The standard InChI is InChI=1S/C78H57N5O.Pt/c1-53-48-75(79-51-64(53)56-42-44-57(45-43-56)77(2,3)4)83-71-39-19-16-36-67(71)78(65-34-14-17-37-69(65)82(58-28-12-7-13-29-58)70-38-18-15-35-66(70)78)68-47-46-61(50-74(68)83)84-60-31-22-30-59(49-60)80-52-81(73-41-21-20-40-72(73)80)76-62(54-24-8-5-9-25-54)32-23-33-63(76)55-26-10-6-11-27-55;/h5-48,51H,1-4H3;/q-2;. The number of aromatic nitrogens is 3. The first-order valence-electron chi connectivity index (χ1n) is 28.9. The molecule has 0 unspecified atom stereocenters. The van der Waals surface area contributed by atoms with Crippen LogP contribution in [-0.2, 0) is 30.2 Å². The first-order valence-corrected chi connectivity index (χ1v) is 30.0. The SMILES string of the molecule is Cc1cc(N2c3[c-]c(Oc4[c-]c(-n5[c](=[Pt])n(-c6c(-c7ccccc7)cccc6-c6ccccc6)c6ccccc65)ccc4)ccc3C3(c4ccccc42)c2ccccc2N(c2ccccc2)c2ccccc23)ncc1-c1ccc(C(C)(C)C)cc1. The molecule has 0 amide bonds. The second-order valence-corrected chi connectivity index (χ2v) is 23.9. The van der Waals surface area contributed by atoms with Crippen molar-refractivity contribution in [3.05, 3.63) is 322 Å². The summed E-state index contributed by atoms with van der Waals surface area (Å²) in [5, 5.41) is 0. The maximum absolute atomic E-state index is 7.11. The van der Waals surface area contributed by atoms with Crippen LogP contribution in [0.3, 0.4) is 0 Å². The zero-order chi connectivity index (χ0) is 57.4. The summed E-state index contributed by atoms with van der Waals surface area (Å²) in [6.07, 6.45) is 2.03. The third-order valence-electron chi connectivity index (χ3n) is 16.9. The Bertz CT molecular complexity index is 4670. The Hall–Kier alpha value is -9.87. The molecule has 2 aromatic heterocycles. The van der Waals surface area contributed by atoms with Crippen molar-refractivity contribution >= 4 is 45.3 Å². The van der Waals surface area contributed by atoms with Crippen LogP contribution >= 0.6 is 0 Å². The minimum Gasteiger partial charge on any atom is -0.310 e. The molecule has 412 valence electrons. The normalized spacial score (nSPS) is 13.1. The maximum atomic E-state index is 7.11. The van der Waals surface area contributed by atoms with Crippen molar-refractivity contribution < 1.29 is 24.1 Å². The fraction of sp³-hybridized carbons (Fsp3) is 0.0769. The Labute approximate surface area is 507 Å². The number of hydrogen-bond donors (Lipinski definition) is 0. The van der Waals surface area contributed by atoms with Crippen LogP contribution in [0.1, 0.15) is 54.2 Å². The second kappa shape index (κ2) is 20.8. The molecule has 4 heterocycles. The van der Waals surface area contributed by atoms with Crippen LogP contribution in [0.5, 0.6) is 11.5 Å². The summed E-state index contributed by atoms with van der Waals surface area (Å²) in [7, 11) is 0. The van der Waals surface area contributed by atoms with Crippen LogP contribution in [-0.4, -0.2) is 14.1 Å². The molecule has 0 saturated carbocycles. The van der Waals surface area contributed by atoms with Crippen LogP contribution in [0.2, 0.25) is 0 Å². The van der Waals surface area contributed by atoms with Crippen molar-refractivity contribution in [1.82, 2.24) is 14.1 Å². The number of benzene rings is 11. The molecule has 6 nitrogen and oxygen atoms in total. The minimum atomic E-state index is -0.785. The Balaban J connectivity index is 0.903. The van der Waals surface area contributed by atoms with Gasteiger partial charge >= 0.3 is 306 Å². The van der Waals surface area contributed by atoms with Gasteiger partial charge in [-0.1, -0.05) is 118 Å². The number of nitrogens with zero attached hydrogens (tertiary/aromatic N) is 5. The molecule has 0 radical (unpaired) electrons. The molecule has 2 aliphatic rings. The smallest absolute Gasteiger partial charge is 0.310 e. The fourth-order valence-electron chi connectivity index (χ4n) is 13.1. The van der Waals surface area contributed by atoms with Gasteiger partial charge in [0.25, 0.3) is 0 Å². The summed E-state index contributed by atoms with van der Waals surface area (Å²) in [6, 6.07) is 103. The summed E-state index contributed by atoms with van der Waals surface area (Å²) in [5.74, 6) is 1.89. The van der Waals surface area contributed by atoms with Crippen molar-refractivity contribution in [2.75, 3.05) is 9.80 Å². The van der Waals surface area contributed by atoms with Gasteiger partial charge in [0.2, 0.25) is 0 Å². The molecular weight excluding hydrogens is 1220 g/mol. The minimum absolute atomic E-state index is 0.0463. The molecule has 13 aromatic rings. The number of para-hydroxylation sites is 7. The third kappa shape index (κ3) is 8.57. The molecule has 85 heavy (non-hydrogen) atoms. The van der Waals surface area contributed by atoms with E-state index in [-0.39, 0.29) is 5.41 Å². The second-order valence-electron chi connectivity index (χ2n) is 22.9. The van der Waals surface area contributed by atoms with E-state index in [0.29, 0.717) is 11.5 Å². The molecule has 0 aliphatic carbocycles. The van der Waals surface area contributed by atoms with Gasteiger partial charge in [-0.05, 0) is 53.3 Å². The monoisotopic (exact) mass is 1270 g/mol. The molecule has 11 aromatic carbocycles. The fourth-order valence-corrected chi connectivity index (χ4v) is 14.1. The van der Waals surface area contributed by atoms with E-state index in [9.17, 15) is 0 Å². The number of ether oxygens (including phenoxy) is 1. The number of pyridine rings is 1. The first kappa shape index (κ1) is 52.0. The van der Waals surface area contributed by atoms with Crippen molar-refractivity contribution in [1.29, 1.82) is 0 Å². The average Bonchev–Trinajstić information content (AvgIpc) is 1.18. The molecule has 15 rings (SSSR count). The molecule has 0 atom stereocenters. The van der Waals surface area contributed by atoms with Crippen molar-refractivity contribution in [2.24, 2.45) is 0 Å². The van der Waals surface area contributed by atoms with Gasteiger partial charge < -0.3 is 4.90 Å². The molecular formula is C78H57N5OPt-2. The van der Waals surface area contributed by atoms with Gasteiger partial charge in [0.15, 0.2) is 0 Å². The molecule has 0 bridgehead atoms. The van der Waals surface area contributed by atoms with E-state index >= 15 is 0 Å². The van der Waals surface area contributed by atoms with Crippen molar-refractivity contribution in [2.45, 2.75) is 38.5 Å². The summed E-state index contributed by atoms with van der Waals surface area (Å²) in [6.45, 7) is 8.95. The molecule has 0 fully saturated rings. The van der Waals surface area contributed by atoms with Gasteiger partial charge in [0, 0.05) is 28.8 Å². The van der Waals surface area contributed by atoms with Gasteiger partial charge in [-0.2, -0.15) is 0 Å². The van der Waals surface area contributed by atoms with Crippen LogP contribution in [0.15, 0.2) is 273 Å². The van der Waals surface area contributed by atoms with E-state index in [2.05, 4.69) is 339 Å². The molecule has 2 aliphatic heterocycles. The average molecular weight is 1280 g/mol. The van der Waals surface area contributed by atoms with Gasteiger partial charge in [-0.25, -0.2) is 0 Å². The summed E-state index contributed by atoms with van der Waals surface area (Å²) < 4.78 is 12.8. The van der Waals surface area contributed by atoms with Crippen LogP contribution < -0.4 is 14.5 Å². The van der Waals surface area contributed by atoms with Crippen LogP contribution in [0.25, 0.3) is 55.8 Å². The van der Waals surface area contributed by atoms with Crippen molar-refractivity contribution in [3.8, 4) is 56.3 Å². The Kier molecular flexibility index (Phi) is 12.7. The summed E-state index contributed by atoms with van der Waals surface area (Å²) in [4.78, 5) is 10.1. The Morgan fingerprint density at radius 3 is 1.54 bits per heavy atom. The number of anilines is 6. The Morgan fingerprint density at radius 1 is 0.447 bits per heavy atom. The predicted octanol–water partition coefficient (Wildman–Crippen LogP) is 19.8. The van der Waals surface area contributed by atoms with E-state index in [4.69, 9.17) is 9.72 Å². The summed E-state index contributed by atoms with van der Waals surface area (Å²) >= 11 is 2.50. The van der Waals surface area contributed by atoms with Gasteiger partial charge in [-0.15, -0.1) is 0 Å². The molecule has 7 heteroatoms. The third-order valence-corrected chi connectivity index (χ3v) is 17.9. The molecule has 0 N–H and O–H groups in total. The van der Waals surface area contributed by atoms with E-state index in [0.717, 1.165) is 111 Å².